The first kappa shape index (κ1) is 19.3. The third-order valence-corrected chi connectivity index (χ3v) is 4.24. The Morgan fingerprint density at radius 1 is 1.18 bits per heavy atom. The molecule has 144 valence electrons. The fourth-order valence-electron chi connectivity index (χ4n) is 2.90. The van der Waals surface area contributed by atoms with E-state index in [1.165, 1.54) is 12.1 Å². The van der Waals surface area contributed by atoms with Crippen LogP contribution in [0.1, 0.15) is 39.8 Å². The number of carbonyl (C=O) groups excluding carboxylic acids is 1. The van der Waals surface area contributed by atoms with Gasteiger partial charge in [0.25, 0.3) is 5.91 Å². The highest BCUT2D eigenvalue weighted by Gasteiger charge is 2.24. The molecule has 0 fully saturated rings. The molecule has 1 aromatic heterocycles. The van der Waals surface area contributed by atoms with E-state index in [2.05, 4.69) is 10.3 Å². The fraction of sp³-hybridized carbons (Fsp3) is 0.190. The van der Waals surface area contributed by atoms with Gasteiger partial charge in [0.15, 0.2) is 5.69 Å². The van der Waals surface area contributed by atoms with Gasteiger partial charge in [-0.15, -0.1) is 0 Å². The zero-order valence-corrected chi connectivity index (χ0v) is 15.4. The molecule has 0 aliphatic carbocycles. The predicted molar refractivity (Wildman–Crippen MR) is 100 cm³/mol. The van der Waals surface area contributed by atoms with Crippen molar-refractivity contribution in [2.24, 2.45) is 0 Å². The van der Waals surface area contributed by atoms with Crippen molar-refractivity contribution in [2.75, 3.05) is 0 Å². The van der Waals surface area contributed by atoms with E-state index in [0.29, 0.717) is 5.56 Å². The summed E-state index contributed by atoms with van der Waals surface area (Å²) in [5.74, 6) is -1.94. The quantitative estimate of drug-likeness (QED) is 0.671. The second-order valence-electron chi connectivity index (χ2n) is 6.44. The van der Waals surface area contributed by atoms with Gasteiger partial charge < -0.3 is 14.8 Å². The molecule has 2 N–H and O–H groups in total. The number of nitrogens with one attached hydrogen (secondary N) is 1. The smallest absolute Gasteiger partial charge is 0.305 e. The van der Waals surface area contributed by atoms with Crippen LogP contribution in [0.25, 0.3) is 11.5 Å². The van der Waals surface area contributed by atoms with Crippen LogP contribution in [-0.2, 0) is 4.79 Å². The van der Waals surface area contributed by atoms with Crippen LogP contribution < -0.4 is 5.32 Å². The van der Waals surface area contributed by atoms with Gasteiger partial charge >= 0.3 is 5.97 Å². The van der Waals surface area contributed by atoms with Crippen molar-refractivity contribution in [2.45, 2.75) is 26.3 Å². The molecule has 7 heteroatoms. The number of aromatic nitrogens is 1. The first-order valence-electron chi connectivity index (χ1n) is 8.66. The molecule has 0 saturated heterocycles. The van der Waals surface area contributed by atoms with E-state index >= 15 is 0 Å². The maximum absolute atomic E-state index is 14.0. The molecule has 0 spiro atoms. The number of rotatable bonds is 6. The van der Waals surface area contributed by atoms with Crippen LogP contribution in [0.15, 0.2) is 52.9 Å². The highest BCUT2D eigenvalue weighted by molar-refractivity contribution is 5.94. The molecule has 0 aliphatic rings. The van der Waals surface area contributed by atoms with Crippen molar-refractivity contribution in [3.63, 3.8) is 0 Å². The Hall–Kier alpha value is -3.48. The first-order valence-corrected chi connectivity index (χ1v) is 8.66. The number of oxazole rings is 1. The third-order valence-electron chi connectivity index (χ3n) is 4.24. The standard InChI is InChI=1S/C21H19FN2O4/c1-12-6-5-7-14(10-12)17(11-18(25)26)23-20(27)19-13(2)28-21(24-19)15-8-3-4-9-16(15)22/h3-10,17H,11H2,1-2H3,(H,23,27)(H,25,26)/t17-/m0/s1. The van der Waals surface area contributed by atoms with E-state index in [9.17, 15) is 19.1 Å². The lowest BCUT2D eigenvalue weighted by Crippen LogP contribution is -2.31. The van der Waals surface area contributed by atoms with Gasteiger partial charge in [-0.05, 0) is 31.5 Å². The van der Waals surface area contributed by atoms with Crippen LogP contribution in [0.5, 0.6) is 0 Å². The third kappa shape index (κ3) is 4.25. The van der Waals surface area contributed by atoms with Crippen LogP contribution >= 0.6 is 0 Å². The average Bonchev–Trinajstić information content (AvgIpc) is 3.03. The molecule has 1 heterocycles. The second-order valence-corrected chi connectivity index (χ2v) is 6.44. The maximum Gasteiger partial charge on any atom is 0.305 e. The summed E-state index contributed by atoms with van der Waals surface area (Å²) in [6.07, 6.45) is -0.285. The van der Waals surface area contributed by atoms with Gasteiger partial charge in [-0.3, -0.25) is 9.59 Å². The van der Waals surface area contributed by atoms with Crippen molar-refractivity contribution >= 4 is 11.9 Å². The molecule has 2 aromatic carbocycles. The molecule has 3 aromatic rings. The fourth-order valence-corrected chi connectivity index (χ4v) is 2.90. The number of nitrogens with zero attached hydrogens (tertiary/aromatic N) is 1. The summed E-state index contributed by atoms with van der Waals surface area (Å²) < 4.78 is 19.4. The Bertz CT molecular complexity index is 1030. The van der Waals surface area contributed by atoms with Crippen molar-refractivity contribution in [1.82, 2.24) is 10.3 Å². The number of hydrogen-bond donors (Lipinski definition) is 2. The average molecular weight is 382 g/mol. The molecule has 0 radical (unpaired) electrons. The van der Waals surface area contributed by atoms with Crippen molar-refractivity contribution in [3.8, 4) is 11.5 Å². The van der Waals surface area contributed by atoms with Gasteiger partial charge in [0.05, 0.1) is 18.0 Å². The summed E-state index contributed by atoms with van der Waals surface area (Å²) >= 11 is 0. The van der Waals surface area contributed by atoms with Crippen LogP contribution in [0, 0.1) is 19.7 Å². The minimum absolute atomic E-state index is 0.00825. The summed E-state index contributed by atoms with van der Waals surface area (Å²) in [6, 6.07) is 12.5. The molecule has 0 aliphatic heterocycles. The summed E-state index contributed by atoms with van der Waals surface area (Å²) in [5, 5.41) is 11.9. The lowest BCUT2D eigenvalue weighted by molar-refractivity contribution is -0.137. The number of carboxylic acids is 1. The number of aryl methyl sites for hydroxylation is 2. The lowest BCUT2D eigenvalue weighted by Gasteiger charge is -2.17. The number of carboxylic acid groups (broad SMARTS) is 1. The van der Waals surface area contributed by atoms with Crippen LogP contribution in [0.3, 0.4) is 0 Å². The van der Waals surface area contributed by atoms with E-state index in [-0.39, 0.29) is 29.3 Å². The van der Waals surface area contributed by atoms with E-state index in [4.69, 9.17) is 4.42 Å². The Morgan fingerprint density at radius 2 is 1.93 bits per heavy atom. The minimum Gasteiger partial charge on any atom is -0.481 e. The van der Waals surface area contributed by atoms with Gasteiger partial charge in [0.2, 0.25) is 5.89 Å². The zero-order chi connectivity index (χ0) is 20.3. The second kappa shape index (κ2) is 8.04. The van der Waals surface area contributed by atoms with Gasteiger partial charge in [0, 0.05) is 0 Å². The number of amides is 1. The maximum atomic E-state index is 14.0. The molecule has 0 unspecified atom stereocenters. The van der Waals surface area contributed by atoms with E-state index in [0.717, 1.165) is 5.56 Å². The summed E-state index contributed by atoms with van der Waals surface area (Å²) in [4.78, 5) is 28.1. The van der Waals surface area contributed by atoms with E-state index in [1.807, 2.05) is 19.1 Å². The van der Waals surface area contributed by atoms with Crippen LogP contribution in [0.4, 0.5) is 4.39 Å². The molecule has 28 heavy (non-hydrogen) atoms. The van der Waals surface area contributed by atoms with Crippen molar-refractivity contribution in [3.05, 3.63) is 76.9 Å². The van der Waals surface area contributed by atoms with Crippen molar-refractivity contribution < 1.29 is 23.5 Å². The Kier molecular flexibility index (Phi) is 5.54. The Balaban J connectivity index is 1.88. The first-order chi connectivity index (χ1) is 13.3. The molecule has 6 nitrogen and oxygen atoms in total. The van der Waals surface area contributed by atoms with E-state index in [1.54, 1.807) is 31.2 Å². The van der Waals surface area contributed by atoms with Crippen LogP contribution in [0.2, 0.25) is 0 Å². The summed E-state index contributed by atoms with van der Waals surface area (Å²) in [7, 11) is 0. The van der Waals surface area contributed by atoms with Crippen LogP contribution in [-0.4, -0.2) is 22.0 Å². The van der Waals surface area contributed by atoms with Gasteiger partial charge in [-0.25, -0.2) is 9.37 Å². The highest BCUT2D eigenvalue weighted by Crippen LogP contribution is 2.25. The number of carbonyl (C=O) groups is 2. The lowest BCUT2D eigenvalue weighted by atomic mass is 10.0. The molecule has 3 rings (SSSR count). The molecular weight excluding hydrogens is 363 g/mol. The molecular formula is C21H19FN2O4. The predicted octanol–water partition coefficient (Wildman–Crippen LogP) is 4.04. The SMILES string of the molecule is Cc1cccc([C@H](CC(=O)O)NC(=O)c2nc(-c3ccccc3F)oc2C)c1. The monoisotopic (exact) mass is 382 g/mol. The van der Waals surface area contributed by atoms with Gasteiger partial charge in [-0.2, -0.15) is 0 Å². The van der Waals surface area contributed by atoms with E-state index < -0.39 is 23.7 Å². The van der Waals surface area contributed by atoms with Gasteiger partial charge in [-0.1, -0.05) is 42.0 Å². The Morgan fingerprint density at radius 3 is 2.61 bits per heavy atom. The molecule has 1 amide bonds. The molecule has 1 atom stereocenters. The van der Waals surface area contributed by atoms with Crippen molar-refractivity contribution in [1.29, 1.82) is 0 Å². The largest absolute Gasteiger partial charge is 0.481 e. The topological polar surface area (TPSA) is 92.4 Å². The van der Waals surface area contributed by atoms with Gasteiger partial charge in [0.1, 0.15) is 11.6 Å². The number of hydrogen-bond acceptors (Lipinski definition) is 4. The normalized spacial score (nSPS) is 11.8. The summed E-state index contributed by atoms with van der Waals surface area (Å²) in [6.45, 7) is 3.43. The molecule has 0 bridgehead atoms. The zero-order valence-electron chi connectivity index (χ0n) is 15.4. The highest BCUT2D eigenvalue weighted by atomic mass is 19.1. The number of aliphatic carboxylic acids is 1. The number of halogens is 1. The summed E-state index contributed by atoms with van der Waals surface area (Å²) in [5.41, 5.74) is 1.75. The minimum atomic E-state index is -1.05. The number of benzene rings is 2. The Labute approximate surface area is 161 Å². The molecule has 0 saturated carbocycles.